The van der Waals surface area contributed by atoms with E-state index in [0.717, 1.165) is 0 Å². The molecule has 2 aromatic carbocycles. The molecule has 182 valence electrons. The van der Waals surface area contributed by atoms with E-state index in [2.05, 4.69) is 10.0 Å². The van der Waals surface area contributed by atoms with E-state index >= 15 is 0 Å². The number of ether oxygens (including phenoxy) is 4. The first-order chi connectivity index (χ1) is 16.3. The minimum absolute atomic E-state index is 0.127. The molecule has 0 bridgehead atoms. The van der Waals surface area contributed by atoms with E-state index in [1.807, 2.05) is 5.32 Å². The highest BCUT2D eigenvalue weighted by molar-refractivity contribution is 7.89. The monoisotopic (exact) mass is 493 g/mol. The summed E-state index contributed by atoms with van der Waals surface area (Å²) in [5.74, 6) is -0.604. The number of carbonyl (C=O) groups excluding carboxylic acids is 3. The molecule has 0 aliphatic carbocycles. The van der Waals surface area contributed by atoms with E-state index in [9.17, 15) is 22.8 Å². The van der Waals surface area contributed by atoms with Crippen molar-refractivity contribution in [3.05, 3.63) is 42.5 Å². The van der Waals surface area contributed by atoms with Crippen molar-refractivity contribution < 1.29 is 41.7 Å². The van der Waals surface area contributed by atoms with Crippen LogP contribution in [0, 0.1) is 0 Å². The normalized spacial score (nSPS) is 12.7. The number of fused-ring (bicyclic) bond motifs is 1. The lowest BCUT2D eigenvalue weighted by molar-refractivity contribution is -0.147. The van der Waals surface area contributed by atoms with Gasteiger partial charge in [0.15, 0.2) is 18.1 Å². The van der Waals surface area contributed by atoms with Crippen LogP contribution in [-0.2, 0) is 24.3 Å². The summed E-state index contributed by atoms with van der Waals surface area (Å²) in [6.45, 7) is -0.654. The highest BCUT2D eigenvalue weighted by Gasteiger charge is 2.20. The van der Waals surface area contributed by atoms with Gasteiger partial charge < -0.3 is 24.3 Å². The van der Waals surface area contributed by atoms with Gasteiger partial charge in [0, 0.05) is 18.2 Å². The van der Waals surface area contributed by atoms with Crippen LogP contribution in [0.5, 0.6) is 17.2 Å². The van der Waals surface area contributed by atoms with Gasteiger partial charge in [0.2, 0.25) is 10.0 Å². The number of sulfonamides is 1. The van der Waals surface area contributed by atoms with Gasteiger partial charge >= 0.3 is 12.0 Å². The molecule has 0 fully saturated rings. The molecule has 0 aromatic heterocycles. The van der Waals surface area contributed by atoms with Gasteiger partial charge in [-0.25, -0.2) is 13.2 Å². The molecule has 3 amide bonds. The predicted octanol–water partition coefficient (Wildman–Crippen LogP) is 1.03. The Balaban J connectivity index is 1.43. The Labute approximate surface area is 195 Å². The maximum atomic E-state index is 12.5. The maximum absolute atomic E-state index is 12.5. The fraction of sp³-hybridized carbons (Fsp3) is 0.286. The fourth-order valence-corrected chi connectivity index (χ4v) is 3.73. The number of urea groups is 1. The van der Waals surface area contributed by atoms with Crippen LogP contribution in [0.1, 0.15) is 6.42 Å². The van der Waals surface area contributed by atoms with Crippen LogP contribution in [-0.4, -0.2) is 59.8 Å². The molecule has 0 saturated carbocycles. The van der Waals surface area contributed by atoms with Crippen molar-refractivity contribution in [2.75, 3.05) is 38.8 Å². The minimum atomic E-state index is -4.06. The third kappa shape index (κ3) is 7.08. The smallest absolute Gasteiger partial charge is 0.325 e. The average Bonchev–Trinajstić information content (AvgIpc) is 3.07. The summed E-state index contributed by atoms with van der Waals surface area (Å²) < 4.78 is 47.6. The van der Waals surface area contributed by atoms with Crippen LogP contribution in [0.2, 0.25) is 0 Å². The highest BCUT2D eigenvalue weighted by Crippen LogP contribution is 2.31. The quantitative estimate of drug-likeness (QED) is 0.457. The van der Waals surface area contributed by atoms with Gasteiger partial charge in [0.05, 0.1) is 25.2 Å². The summed E-state index contributed by atoms with van der Waals surface area (Å²) in [5, 5.41) is 4.41. The Morgan fingerprint density at radius 2 is 1.71 bits per heavy atom. The largest absolute Gasteiger partial charge is 0.497 e. The predicted molar refractivity (Wildman–Crippen MR) is 118 cm³/mol. The topological polar surface area (TPSA) is 158 Å². The van der Waals surface area contributed by atoms with Crippen molar-refractivity contribution in [3.63, 3.8) is 0 Å². The number of hydrogen-bond donors (Lipinski definition) is 3. The average molecular weight is 493 g/mol. The SMILES string of the molecule is COc1ccc(NC(=O)NC(=O)COC(=O)CNS(=O)(=O)c2ccc3c(c2)OCCCO3)cc1. The number of hydrogen-bond acceptors (Lipinski definition) is 9. The zero-order valence-electron chi connectivity index (χ0n) is 18.2. The Kier molecular flexibility index (Phi) is 8.27. The van der Waals surface area contributed by atoms with Crippen LogP contribution < -0.4 is 29.6 Å². The third-order valence-corrected chi connectivity index (χ3v) is 5.80. The summed E-state index contributed by atoms with van der Waals surface area (Å²) >= 11 is 0. The Bertz CT molecular complexity index is 1150. The van der Waals surface area contributed by atoms with Crippen LogP contribution in [0.4, 0.5) is 10.5 Å². The molecule has 12 nitrogen and oxygen atoms in total. The van der Waals surface area contributed by atoms with E-state index in [1.54, 1.807) is 24.3 Å². The van der Waals surface area contributed by atoms with Crippen molar-refractivity contribution in [1.29, 1.82) is 0 Å². The first-order valence-corrected chi connectivity index (χ1v) is 11.5. The number of benzene rings is 2. The number of nitrogens with one attached hydrogen (secondary N) is 3. The van der Waals surface area contributed by atoms with Crippen molar-refractivity contribution in [3.8, 4) is 17.2 Å². The molecule has 3 rings (SSSR count). The van der Waals surface area contributed by atoms with Gasteiger partial charge in [-0.15, -0.1) is 0 Å². The second-order valence-corrected chi connectivity index (χ2v) is 8.64. The molecule has 0 unspecified atom stereocenters. The summed E-state index contributed by atoms with van der Waals surface area (Å²) in [4.78, 5) is 35.4. The molecule has 1 heterocycles. The van der Waals surface area contributed by atoms with E-state index in [4.69, 9.17) is 18.9 Å². The summed E-state index contributed by atoms with van der Waals surface area (Å²) in [6.07, 6.45) is 0.664. The molecular formula is C21H23N3O9S. The zero-order chi connectivity index (χ0) is 24.6. The Morgan fingerprint density at radius 1 is 1.00 bits per heavy atom. The van der Waals surface area contributed by atoms with Gasteiger partial charge in [-0.05, 0) is 36.4 Å². The number of esters is 1. The molecule has 34 heavy (non-hydrogen) atoms. The number of imide groups is 1. The molecule has 1 aliphatic heterocycles. The van der Waals surface area contributed by atoms with Crippen LogP contribution in [0.25, 0.3) is 0 Å². The van der Waals surface area contributed by atoms with Crippen molar-refractivity contribution >= 4 is 33.6 Å². The van der Waals surface area contributed by atoms with Crippen molar-refractivity contribution in [2.24, 2.45) is 0 Å². The fourth-order valence-electron chi connectivity index (χ4n) is 2.74. The first kappa shape index (κ1) is 24.8. The summed E-state index contributed by atoms with van der Waals surface area (Å²) in [6, 6.07) is 9.62. The lowest BCUT2D eigenvalue weighted by Crippen LogP contribution is -2.38. The second-order valence-electron chi connectivity index (χ2n) is 6.88. The Morgan fingerprint density at radius 3 is 2.41 bits per heavy atom. The molecule has 0 spiro atoms. The van der Waals surface area contributed by atoms with Gasteiger partial charge in [-0.3, -0.25) is 14.9 Å². The summed E-state index contributed by atoms with van der Waals surface area (Å²) in [5.41, 5.74) is 0.410. The molecule has 0 saturated heterocycles. The van der Waals surface area contributed by atoms with E-state index in [0.29, 0.717) is 36.8 Å². The lowest BCUT2D eigenvalue weighted by Gasteiger charge is -2.11. The Hall–Kier alpha value is -3.84. The molecule has 13 heteroatoms. The molecule has 1 aliphatic rings. The van der Waals surface area contributed by atoms with Gasteiger partial charge in [0.25, 0.3) is 5.91 Å². The number of carbonyl (C=O) groups is 3. The van der Waals surface area contributed by atoms with Gasteiger partial charge in [0.1, 0.15) is 12.3 Å². The van der Waals surface area contributed by atoms with Crippen LogP contribution in [0.15, 0.2) is 47.4 Å². The number of amides is 3. The molecule has 0 radical (unpaired) electrons. The maximum Gasteiger partial charge on any atom is 0.325 e. The molecule has 3 N–H and O–H groups in total. The van der Waals surface area contributed by atoms with Crippen LogP contribution in [0.3, 0.4) is 0 Å². The summed E-state index contributed by atoms with van der Waals surface area (Å²) in [7, 11) is -2.56. The van der Waals surface area contributed by atoms with Gasteiger partial charge in [-0.2, -0.15) is 4.72 Å². The molecule has 0 atom stereocenters. The third-order valence-electron chi connectivity index (χ3n) is 4.40. The second kappa shape index (κ2) is 11.3. The van der Waals surface area contributed by atoms with E-state index in [-0.39, 0.29) is 10.6 Å². The molecule has 2 aromatic rings. The molecular weight excluding hydrogens is 470 g/mol. The lowest BCUT2D eigenvalue weighted by atomic mass is 10.3. The highest BCUT2D eigenvalue weighted by atomic mass is 32.2. The van der Waals surface area contributed by atoms with Crippen molar-refractivity contribution in [1.82, 2.24) is 10.0 Å². The first-order valence-electron chi connectivity index (χ1n) is 10.1. The number of methoxy groups -OCH3 is 1. The standard InChI is InChI=1S/C21H23N3O9S/c1-30-15-5-3-14(4-6-15)23-21(27)24-19(25)13-33-20(26)12-22-34(28,29)16-7-8-17-18(11-16)32-10-2-9-31-17/h3-8,11,22H,2,9-10,12-13H2,1H3,(H2,23,24,25,27). The number of rotatable bonds is 8. The minimum Gasteiger partial charge on any atom is -0.497 e. The van der Waals surface area contributed by atoms with E-state index < -0.39 is 41.1 Å². The van der Waals surface area contributed by atoms with Gasteiger partial charge in [-0.1, -0.05) is 0 Å². The van der Waals surface area contributed by atoms with E-state index in [1.165, 1.54) is 25.3 Å². The zero-order valence-corrected chi connectivity index (χ0v) is 19.0. The van der Waals surface area contributed by atoms with Crippen molar-refractivity contribution in [2.45, 2.75) is 11.3 Å². The number of anilines is 1. The van der Waals surface area contributed by atoms with Crippen LogP contribution >= 0.6 is 0 Å².